The van der Waals surface area contributed by atoms with E-state index in [1.807, 2.05) is 0 Å². The van der Waals surface area contributed by atoms with Crippen molar-refractivity contribution in [3.8, 4) is 0 Å². The van der Waals surface area contributed by atoms with Crippen LogP contribution in [0.15, 0.2) is 59.3 Å². The van der Waals surface area contributed by atoms with Gasteiger partial charge in [0.15, 0.2) is 0 Å². The Labute approximate surface area is 221 Å². The van der Waals surface area contributed by atoms with Crippen LogP contribution >= 0.6 is 0 Å². The van der Waals surface area contributed by atoms with Crippen LogP contribution in [-0.2, 0) is 21.0 Å². The lowest BCUT2D eigenvalue weighted by molar-refractivity contribution is -0.134. The fourth-order valence-corrected chi connectivity index (χ4v) is 4.35. The van der Waals surface area contributed by atoms with E-state index >= 15 is 0 Å². The number of carboxylic acids is 2. The van der Waals surface area contributed by atoms with Gasteiger partial charge in [-0.25, -0.2) is 9.59 Å². The van der Waals surface area contributed by atoms with Crippen molar-refractivity contribution < 1.29 is 24.6 Å². The van der Waals surface area contributed by atoms with Crippen LogP contribution in [-0.4, -0.2) is 77.0 Å². The second-order valence-corrected chi connectivity index (χ2v) is 9.42. The molecule has 0 spiro atoms. The Kier molecular flexibility index (Phi) is 15.0. The summed E-state index contributed by atoms with van der Waals surface area (Å²) in [6.07, 6.45) is 13.1. The van der Waals surface area contributed by atoms with Gasteiger partial charge >= 0.3 is 11.9 Å². The first kappa shape index (κ1) is 30.3. The fraction of sp³-hybridized carbons (Fsp3) is 0.552. The van der Waals surface area contributed by atoms with Crippen molar-refractivity contribution in [2.24, 2.45) is 5.16 Å². The monoisotopic (exact) mass is 513 g/mol. The van der Waals surface area contributed by atoms with Crippen LogP contribution in [0.5, 0.6) is 0 Å². The Hall–Kier alpha value is -2.97. The fourth-order valence-electron chi connectivity index (χ4n) is 4.35. The average molecular weight is 514 g/mol. The molecule has 1 aliphatic carbocycles. The predicted molar refractivity (Wildman–Crippen MR) is 147 cm³/mol. The molecule has 0 atom stereocenters. The van der Waals surface area contributed by atoms with Crippen molar-refractivity contribution in [2.75, 3.05) is 39.3 Å². The number of hydrogen-bond donors (Lipinski definition) is 2. The number of nitrogens with zero attached hydrogens (tertiary/aromatic N) is 3. The Morgan fingerprint density at radius 1 is 0.946 bits per heavy atom. The Morgan fingerprint density at radius 2 is 1.59 bits per heavy atom. The molecule has 0 bridgehead atoms. The van der Waals surface area contributed by atoms with Crippen molar-refractivity contribution in [3.05, 3.63) is 59.7 Å². The molecule has 2 aliphatic rings. The van der Waals surface area contributed by atoms with Crippen molar-refractivity contribution in [3.63, 3.8) is 0 Å². The summed E-state index contributed by atoms with van der Waals surface area (Å²) in [6.45, 7) is 9.80. The topological polar surface area (TPSA) is 103 Å². The number of carboxylic acid groups (broad SMARTS) is 2. The zero-order valence-corrected chi connectivity index (χ0v) is 22.2. The van der Waals surface area contributed by atoms with E-state index in [1.165, 1.54) is 55.4 Å². The van der Waals surface area contributed by atoms with Gasteiger partial charge in [0, 0.05) is 51.4 Å². The van der Waals surface area contributed by atoms with E-state index in [0.717, 1.165) is 58.7 Å². The van der Waals surface area contributed by atoms with E-state index in [-0.39, 0.29) is 0 Å². The van der Waals surface area contributed by atoms with Crippen molar-refractivity contribution in [1.82, 2.24) is 9.80 Å². The minimum absolute atomic E-state index is 0.558. The number of allylic oxidation sites excluding steroid dienone is 2. The molecule has 0 unspecified atom stereocenters. The lowest BCUT2D eigenvalue weighted by Crippen LogP contribution is -2.46. The maximum Gasteiger partial charge on any atom is 0.328 e. The number of hydrogen-bond acceptors (Lipinski definition) is 6. The Morgan fingerprint density at radius 3 is 2.24 bits per heavy atom. The van der Waals surface area contributed by atoms with Crippen LogP contribution in [0.3, 0.4) is 0 Å². The van der Waals surface area contributed by atoms with Gasteiger partial charge in [-0.05, 0) is 49.7 Å². The molecule has 0 amide bonds. The number of aliphatic carboxylic acids is 2. The van der Waals surface area contributed by atoms with E-state index in [4.69, 9.17) is 15.1 Å². The van der Waals surface area contributed by atoms with Gasteiger partial charge in [-0.2, -0.15) is 0 Å². The normalized spacial score (nSPS) is 19.1. The summed E-state index contributed by atoms with van der Waals surface area (Å²) in [7, 11) is 0. The minimum Gasteiger partial charge on any atom is -0.478 e. The molecule has 8 nitrogen and oxygen atoms in total. The van der Waals surface area contributed by atoms with Crippen LogP contribution < -0.4 is 0 Å². The number of benzene rings is 1. The maximum absolute atomic E-state index is 9.55. The number of oxime groups is 1. The highest BCUT2D eigenvalue weighted by Gasteiger charge is 2.17. The summed E-state index contributed by atoms with van der Waals surface area (Å²) in [6, 6.07) is 10.8. The van der Waals surface area contributed by atoms with Gasteiger partial charge in [-0.15, -0.1) is 0 Å². The molecule has 204 valence electrons. The molecule has 1 saturated carbocycles. The molecule has 3 rings (SSSR count). The third-order valence-corrected chi connectivity index (χ3v) is 6.40. The van der Waals surface area contributed by atoms with Gasteiger partial charge in [-0.1, -0.05) is 61.3 Å². The molecule has 2 fully saturated rings. The van der Waals surface area contributed by atoms with E-state index in [1.54, 1.807) is 0 Å². The Balaban J connectivity index is 0.000000521. The first-order valence-electron chi connectivity index (χ1n) is 13.5. The van der Waals surface area contributed by atoms with Gasteiger partial charge in [0.25, 0.3) is 0 Å². The maximum atomic E-state index is 9.55. The first-order chi connectivity index (χ1) is 18.0. The average Bonchev–Trinajstić information content (AvgIpc) is 2.90. The number of rotatable bonds is 12. The van der Waals surface area contributed by atoms with Crippen molar-refractivity contribution in [1.29, 1.82) is 0 Å². The van der Waals surface area contributed by atoms with E-state index in [2.05, 4.69) is 58.3 Å². The summed E-state index contributed by atoms with van der Waals surface area (Å²) in [5.74, 6) is -2.51. The molecule has 1 saturated heterocycles. The van der Waals surface area contributed by atoms with Gasteiger partial charge in [0.2, 0.25) is 0 Å². The predicted octanol–water partition coefficient (Wildman–Crippen LogP) is 4.97. The molecule has 1 aromatic carbocycles. The molecular weight excluding hydrogens is 470 g/mol. The summed E-state index contributed by atoms with van der Waals surface area (Å²) in [5, 5.41) is 20.1. The second kappa shape index (κ2) is 18.3. The molecular formula is C29H43N3O5. The van der Waals surface area contributed by atoms with Crippen LogP contribution in [0.4, 0.5) is 0 Å². The molecule has 37 heavy (non-hydrogen) atoms. The van der Waals surface area contributed by atoms with Crippen LogP contribution in [0, 0.1) is 0 Å². The van der Waals surface area contributed by atoms with E-state index < -0.39 is 11.9 Å². The zero-order valence-electron chi connectivity index (χ0n) is 22.2. The lowest BCUT2D eigenvalue weighted by atomic mass is 9.92. The van der Waals surface area contributed by atoms with Gasteiger partial charge in [0.05, 0.1) is 5.71 Å². The molecule has 2 N–H and O–H groups in total. The lowest BCUT2D eigenvalue weighted by Gasteiger charge is -2.34. The number of carbonyl (C=O) groups is 2. The van der Waals surface area contributed by atoms with Gasteiger partial charge < -0.3 is 20.0 Å². The van der Waals surface area contributed by atoms with Crippen LogP contribution in [0.25, 0.3) is 0 Å². The largest absolute Gasteiger partial charge is 0.478 e. The van der Waals surface area contributed by atoms with Crippen LogP contribution in [0.1, 0.15) is 63.9 Å². The highest BCUT2D eigenvalue weighted by Crippen LogP contribution is 2.22. The van der Waals surface area contributed by atoms with E-state index in [0.29, 0.717) is 12.2 Å². The third kappa shape index (κ3) is 13.8. The number of unbranched alkanes of at least 4 members (excludes halogenated alkanes) is 2. The second-order valence-electron chi connectivity index (χ2n) is 9.42. The summed E-state index contributed by atoms with van der Waals surface area (Å²) in [4.78, 5) is 29.9. The third-order valence-electron chi connectivity index (χ3n) is 6.40. The highest BCUT2D eigenvalue weighted by molar-refractivity contribution is 6.00. The highest BCUT2D eigenvalue weighted by atomic mass is 16.6. The molecule has 0 aromatic heterocycles. The molecule has 8 heteroatoms. The molecule has 1 aromatic rings. The summed E-state index contributed by atoms with van der Waals surface area (Å²) in [5.41, 5.74) is 4.07. The zero-order chi connectivity index (χ0) is 26.7. The van der Waals surface area contributed by atoms with Crippen molar-refractivity contribution >= 4 is 17.7 Å². The smallest absolute Gasteiger partial charge is 0.328 e. The standard InChI is InChI=1S/C25H39N3O.C4H4O4/c1-2-3-5-13-24-14-8-9-15-25(24)26-29-21-10-16-27-17-19-28(20-18-27)22-23-11-6-4-7-12-23;5-3(6)1-2-4(7)8/h4,6-7,11-13H,2-3,5,8-10,14-22H2,1H3;1-2H,(H,5,6)(H,7,8)/b24-13+,26-25+;2-1+. The quantitative estimate of drug-likeness (QED) is 0.231. The molecule has 0 radical (unpaired) electrons. The minimum atomic E-state index is -1.26. The van der Waals surface area contributed by atoms with Crippen LogP contribution in [0.2, 0.25) is 0 Å². The summed E-state index contributed by atoms with van der Waals surface area (Å²) < 4.78 is 0. The van der Waals surface area contributed by atoms with Crippen molar-refractivity contribution in [2.45, 2.75) is 64.8 Å². The Bertz CT molecular complexity index is 874. The SMILES string of the molecule is CCCC/C=C1\CCCC\C1=N/OCCCN1CCN(Cc2ccccc2)CC1.O=C(O)/C=C/C(=O)O. The molecule has 1 heterocycles. The molecule has 1 aliphatic heterocycles. The first-order valence-corrected chi connectivity index (χ1v) is 13.5. The summed E-state index contributed by atoms with van der Waals surface area (Å²) >= 11 is 0. The number of piperazine rings is 1. The van der Waals surface area contributed by atoms with Gasteiger partial charge in [-0.3, -0.25) is 4.90 Å². The van der Waals surface area contributed by atoms with E-state index in [9.17, 15) is 9.59 Å². The van der Waals surface area contributed by atoms with Gasteiger partial charge in [0.1, 0.15) is 6.61 Å².